The summed E-state index contributed by atoms with van der Waals surface area (Å²) in [5.41, 5.74) is 0.987. The van der Waals surface area contributed by atoms with E-state index in [1.165, 1.54) is 13.1 Å². The van der Waals surface area contributed by atoms with Crippen molar-refractivity contribution < 1.29 is 14.4 Å². The molecule has 0 saturated carbocycles. The maximum Gasteiger partial charge on any atom is 0.267 e. The number of carbonyl (C=O) groups is 3. The van der Waals surface area contributed by atoms with Gasteiger partial charge in [0.05, 0.1) is 24.1 Å². The van der Waals surface area contributed by atoms with Gasteiger partial charge in [0.15, 0.2) is 10.8 Å². The zero-order chi connectivity index (χ0) is 17.7. The molecule has 2 rings (SSSR count). The molecule has 126 valence electrons. The van der Waals surface area contributed by atoms with Crippen molar-refractivity contribution in [2.45, 2.75) is 6.92 Å². The highest BCUT2D eigenvalue weighted by Gasteiger charge is 2.15. The molecule has 0 aliphatic rings. The second kappa shape index (κ2) is 7.80. The number of nitrogens with one attached hydrogen (secondary N) is 2. The number of ketones is 1. The molecular weight excluding hydrogens is 328 g/mol. The number of hydrogen-bond acceptors (Lipinski definition) is 6. The van der Waals surface area contributed by atoms with E-state index in [9.17, 15) is 14.4 Å². The largest absolute Gasteiger partial charge is 0.323 e. The van der Waals surface area contributed by atoms with E-state index in [0.29, 0.717) is 16.3 Å². The Balaban J connectivity index is 2.12. The van der Waals surface area contributed by atoms with Crippen molar-refractivity contribution in [1.82, 2.24) is 9.88 Å². The van der Waals surface area contributed by atoms with Crippen LogP contribution in [0.15, 0.2) is 30.5 Å². The molecule has 0 unspecified atom stereocenters. The summed E-state index contributed by atoms with van der Waals surface area (Å²) in [6.07, 6.45) is 1.37. The molecule has 0 radical (unpaired) electrons. The third-order valence-corrected chi connectivity index (χ3v) is 4.04. The number of carbonyl (C=O) groups excluding carboxylic acids is 3. The maximum atomic E-state index is 12.3. The maximum absolute atomic E-state index is 12.3. The number of nitrogens with zero attached hydrogens (tertiary/aromatic N) is 2. The van der Waals surface area contributed by atoms with Crippen molar-refractivity contribution >= 4 is 40.3 Å². The van der Waals surface area contributed by atoms with Gasteiger partial charge in [-0.25, -0.2) is 4.98 Å². The summed E-state index contributed by atoms with van der Waals surface area (Å²) in [6, 6.07) is 6.92. The minimum Gasteiger partial charge on any atom is -0.323 e. The van der Waals surface area contributed by atoms with Gasteiger partial charge in [0.2, 0.25) is 5.91 Å². The molecule has 8 heteroatoms. The van der Waals surface area contributed by atoms with Crippen molar-refractivity contribution in [3.8, 4) is 0 Å². The number of amides is 2. The SMILES string of the molecule is CC(=O)c1ncc(C(=O)Nc2ccccc2NC(=O)CN(C)C)s1. The molecule has 0 fully saturated rings. The lowest BCUT2D eigenvalue weighted by atomic mass is 10.2. The fourth-order valence-electron chi connectivity index (χ4n) is 1.90. The van der Waals surface area contributed by atoms with E-state index in [2.05, 4.69) is 15.6 Å². The lowest BCUT2D eigenvalue weighted by Gasteiger charge is -2.13. The topological polar surface area (TPSA) is 91.4 Å². The molecule has 0 bridgehead atoms. The van der Waals surface area contributed by atoms with Crippen LogP contribution in [0.1, 0.15) is 26.4 Å². The van der Waals surface area contributed by atoms with Gasteiger partial charge in [0.1, 0.15) is 4.88 Å². The van der Waals surface area contributed by atoms with E-state index >= 15 is 0 Å². The predicted octanol–water partition coefficient (Wildman–Crippen LogP) is 2.10. The number of anilines is 2. The Morgan fingerprint density at radius 1 is 1.12 bits per heavy atom. The molecule has 1 aromatic heterocycles. The monoisotopic (exact) mass is 346 g/mol. The van der Waals surface area contributed by atoms with Gasteiger partial charge in [0.25, 0.3) is 5.91 Å². The van der Waals surface area contributed by atoms with Gasteiger partial charge in [-0.1, -0.05) is 12.1 Å². The second-order valence-corrected chi connectivity index (χ2v) is 6.40. The van der Waals surface area contributed by atoms with Crippen LogP contribution >= 0.6 is 11.3 Å². The summed E-state index contributed by atoms with van der Waals surface area (Å²) in [6.45, 7) is 1.63. The van der Waals surface area contributed by atoms with Gasteiger partial charge in [-0.3, -0.25) is 14.4 Å². The van der Waals surface area contributed by atoms with Crippen LogP contribution in [-0.2, 0) is 4.79 Å². The van der Waals surface area contributed by atoms with E-state index < -0.39 is 0 Å². The minimum absolute atomic E-state index is 0.182. The third-order valence-electron chi connectivity index (χ3n) is 2.94. The smallest absolute Gasteiger partial charge is 0.267 e. The van der Waals surface area contributed by atoms with Crippen LogP contribution in [0.3, 0.4) is 0 Å². The predicted molar refractivity (Wildman–Crippen MR) is 93.7 cm³/mol. The van der Waals surface area contributed by atoms with Crippen LogP contribution in [0, 0.1) is 0 Å². The van der Waals surface area contributed by atoms with Crippen molar-refractivity contribution in [1.29, 1.82) is 0 Å². The average Bonchev–Trinajstić information content (AvgIpc) is 2.98. The number of aromatic nitrogens is 1. The van der Waals surface area contributed by atoms with Gasteiger partial charge in [-0.05, 0) is 26.2 Å². The first kappa shape index (κ1) is 17.8. The molecule has 0 aliphatic carbocycles. The Hall–Kier alpha value is -2.58. The molecule has 24 heavy (non-hydrogen) atoms. The number of Topliss-reactive ketones (excluding diaryl/α,β-unsaturated/α-hetero) is 1. The normalized spacial score (nSPS) is 10.5. The molecule has 1 heterocycles. The number of para-hydroxylation sites is 2. The Kier molecular flexibility index (Phi) is 5.78. The summed E-state index contributed by atoms with van der Waals surface area (Å²) >= 11 is 1.03. The van der Waals surface area contributed by atoms with E-state index in [1.54, 1.807) is 43.3 Å². The zero-order valence-corrected chi connectivity index (χ0v) is 14.4. The van der Waals surface area contributed by atoms with Gasteiger partial charge < -0.3 is 15.5 Å². The molecule has 0 saturated heterocycles. The molecule has 2 amide bonds. The highest BCUT2D eigenvalue weighted by atomic mass is 32.1. The quantitative estimate of drug-likeness (QED) is 0.782. The summed E-state index contributed by atoms with van der Waals surface area (Å²) < 4.78 is 0. The first-order chi connectivity index (χ1) is 11.4. The number of likely N-dealkylation sites (N-methyl/N-ethyl adjacent to an activating group) is 1. The second-order valence-electron chi connectivity index (χ2n) is 5.37. The Morgan fingerprint density at radius 2 is 1.75 bits per heavy atom. The fourth-order valence-corrected chi connectivity index (χ4v) is 2.61. The summed E-state index contributed by atoms with van der Waals surface area (Å²) in [5, 5.41) is 5.78. The van der Waals surface area contributed by atoms with E-state index in [1.807, 2.05) is 0 Å². The molecule has 0 aliphatic heterocycles. The van der Waals surface area contributed by atoms with Gasteiger partial charge in [0, 0.05) is 6.92 Å². The van der Waals surface area contributed by atoms with Gasteiger partial charge in [-0.15, -0.1) is 11.3 Å². The van der Waals surface area contributed by atoms with E-state index in [0.717, 1.165) is 11.3 Å². The number of hydrogen-bond donors (Lipinski definition) is 2. The molecule has 1 aromatic carbocycles. The van der Waals surface area contributed by atoms with Gasteiger partial charge >= 0.3 is 0 Å². The third kappa shape index (κ3) is 4.71. The fraction of sp³-hybridized carbons (Fsp3) is 0.250. The summed E-state index contributed by atoms with van der Waals surface area (Å²) in [5.74, 6) is -0.747. The Bertz CT molecular complexity index is 770. The summed E-state index contributed by atoms with van der Waals surface area (Å²) in [4.78, 5) is 41.4. The first-order valence-corrected chi connectivity index (χ1v) is 8.00. The van der Waals surface area contributed by atoms with E-state index in [4.69, 9.17) is 0 Å². The first-order valence-electron chi connectivity index (χ1n) is 7.18. The van der Waals surface area contributed by atoms with Crippen LogP contribution in [0.4, 0.5) is 11.4 Å². The lowest BCUT2D eigenvalue weighted by molar-refractivity contribution is -0.116. The van der Waals surface area contributed by atoms with Crippen molar-refractivity contribution in [3.63, 3.8) is 0 Å². The summed E-state index contributed by atoms with van der Waals surface area (Å²) in [7, 11) is 3.59. The average molecular weight is 346 g/mol. The highest BCUT2D eigenvalue weighted by molar-refractivity contribution is 7.15. The minimum atomic E-state index is -0.380. The zero-order valence-electron chi connectivity index (χ0n) is 13.6. The standard InChI is InChI=1S/C16H18N4O3S/c1-10(21)16-17-8-13(24-16)15(23)19-12-7-5-4-6-11(12)18-14(22)9-20(2)3/h4-8H,9H2,1-3H3,(H,18,22)(H,19,23). The number of thiazole rings is 1. The molecule has 7 nitrogen and oxygen atoms in total. The van der Waals surface area contributed by atoms with Crippen molar-refractivity contribution in [3.05, 3.63) is 40.3 Å². The number of rotatable bonds is 6. The van der Waals surface area contributed by atoms with Gasteiger partial charge in [-0.2, -0.15) is 0 Å². The van der Waals surface area contributed by atoms with Crippen molar-refractivity contribution in [2.24, 2.45) is 0 Å². The molecule has 2 aromatic rings. The van der Waals surface area contributed by atoms with Crippen LogP contribution in [0.25, 0.3) is 0 Å². The van der Waals surface area contributed by atoms with Crippen LogP contribution in [0.5, 0.6) is 0 Å². The molecule has 0 atom stereocenters. The number of benzene rings is 1. The highest BCUT2D eigenvalue weighted by Crippen LogP contribution is 2.23. The van der Waals surface area contributed by atoms with Crippen LogP contribution in [0.2, 0.25) is 0 Å². The van der Waals surface area contributed by atoms with Crippen LogP contribution < -0.4 is 10.6 Å². The molecule has 2 N–H and O–H groups in total. The Morgan fingerprint density at radius 3 is 2.29 bits per heavy atom. The molecule has 0 spiro atoms. The Labute approximate surface area is 143 Å². The van der Waals surface area contributed by atoms with Crippen molar-refractivity contribution in [2.75, 3.05) is 31.3 Å². The lowest BCUT2D eigenvalue weighted by Crippen LogP contribution is -2.27. The molecular formula is C16H18N4O3S. The van der Waals surface area contributed by atoms with Crippen LogP contribution in [-0.4, -0.2) is 48.1 Å². The van der Waals surface area contributed by atoms with E-state index in [-0.39, 0.29) is 29.1 Å².